The minimum atomic E-state index is 0.155. The number of anilines is 1. The number of rotatable bonds is 4. The second-order valence-electron chi connectivity index (χ2n) is 3.65. The number of hydrazine groups is 1. The molecule has 0 bridgehead atoms. The van der Waals surface area contributed by atoms with Crippen molar-refractivity contribution in [3.05, 3.63) is 53.4 Å². The predicted molar refractivity (Wildman–Crippen MR) is 68.0 cm³/mol. The number of phenolic OH excluding ortho intramolecular Hbond substituents is 1. The first-order valence-electron chi connectivity index (χ1n) is 5.36. The van der Waals surface area contributed by atoms with Gasteiger partial charge in [0.15, 0.2) is 4.87 Å². The smallest absolute Gasteiger partial charge is 0.292 e. The maximum atomic E-state index is 11.8. The highest BCUT2D eigenvalue weighted by Crippen LogP contribution is 2.19. The topological polar surface area (TPSA) is 61.6 Å². The average molecular weight is 245 g/mol. The molecule has 0 atom stereocenters. The molecular formula is C13H13N2O3+. The Morgan fingerprint density at radius 2 is 1.67 bits per heavy atom. The van der Waals surface area contributed by atoms with E-state index in [4.69, 9.17) is 9.84 Å². The van der Waals surface area contributed by atoms with Crippen LogP contribution in [-0.2, 0) is 0 Å². The summed E-state index contributed by atoms with van der Waals surface area (Å²) in [5.74, 6) is 0.847. The van der Waals surface area contributed by atoms with Gasteiger partial charge in [-0.2, -0.15) is 0 Å². The SMILES string of the molecule is COc1ccc([N+](=O)Nc2ccc(O)cc2)cc1. The van der Waals surface area contributed by atoms with E-state index < -0.39 is 0 Å². The maximum absolute atomic E-state index is 11.8. The monoisotopic (exact) mass is 245 g/mol. The van der Waals surface area contributed by atoms with Gasteiger partial charge in [0.05, 0.1) is 12.0 Å². The molecule has 2 N–H and O–H groups in total. The number of benzene rings is 2. The van der Waals surface area contributed by atoms with Gasteiger partial charge >= 0.3 is 0 Å². The number of phenols is 1. The van der Waals surface area contributed by atoms with Crippen molar-refractivity contribution in [3.63, 3.8) is 0 Å². The Bertz CT molecular complexity index is 535. The van der Waals surface area contributed by atoms with E-state index in [-0.39, 0.29) is 5.75 Å². The summed E-state index contributed by atoms with van der Waals surface area (Å²) in [5, 5.41) is 9.13. The summed E-state index contributed by atoms with van der Waals surface area (Å²) in [6.07, 6.45) is 0. The minimum absolute atomic E-state index is 0.155. The number of methoxy groups -OCH3 is 1. The largest absolute Gasteiger partial charge is 0.508 e. The summed E-state index contributed by atoms with van der Waals surface area (Å²) >= 11 is 0. The summed E-state index contributed by atoms with van der Waals surface area (Å²) < 4.78 is 5.01. The summed E-state index contributed by atoms with van der Waals surface area (Å²) in [7, 11) is 1.57. The third-order valence-electron chi connectivity index (χ3n) is 2.40. The molecule has 0 radical (unpaired) electrons. The van der Waals surface area contributed by atoms with E-state index in [0.29, 0.717) is 22.0 Å². The second-order valence-corrected chi connectivity index (χ2v) is 3.65. The number of nitroso groups, excluding NO2 is 1. The zero-order chi connectivity index (χ0) is 13.0. The molecule has 2 rings (SSSR count). The third-order valence-corrected chi connectivity index (χ3v) is 2.40. The fraction of sp³-hybridized carbons (Fsp3) is 0.0769. The molecule has 18 heavy (non-hydrogen) atoms. The van der Waals surface area contributed by atoms with Crippen LogP contribution in [0.5, 0.6) is 11.5 Å². The molecular weight excluding hydrogens is 232 g/mol. The third kappa shape index (κ3) is 2.76. The predicted octanol–water partition coefficient (Wildman–Crippen LogP) is 2.84. The van der Waals surface area contributed by atoms with E-state index in [2.05, 4.69) is 5.43 Å². The maximum Gasteiger partial charge on any atom is 0.292 e. The van der Waals surface area contributed by atoms with E-state index in [1.54, 1.807) is 43.5 Å². The van der Waals surface area contributed by atoms with Crippen molar-refractivity contribution in [1.82, 2.24) is 0 Å². The van der Waals surface area contributed by atoms with Crippen molar-refractivity contribution >= 4 is 11.4 Å². The Morgan fingerprint density at radius 1 is 1.06 bits per heavy atom. The minimum Gasteiger partial charge on any atom is -0.508 e. The van der Waals surface area contributed by atoms with E-state index in [9.17, 15) is 4.91 Å². The summed E-state index contributed by atoms with van der Waals surface area (Å²) in [6.45, 7) is 0. The van der Waals surface area contributed by atoms with Gasteiger partial charge in [-0.15, -0.1) is 5.43 Å². The fourth-order valence-corrected chi connectivity index (χ4v) is 1.44. The number of aromatic hydroxyl groups is 1. The highest BCUT2D eigenvalue weighted by molar-refractivity contribution is 5.45. The fourth-order valence-electron chi connectivity index (χ4n) is 1.44. The number of nitrogens with zero attached hydrogens (tertiary/aromatic N) is 1. The number of hydrogen-bond acceptors (Lipinski definition) is 3. The number of nitrogens with one attached hydrogen (secondary N) is 1. The van der Waals surface area contributed by atoms with Gasteiger partial charge in [-0.1, -0.05) is 0 Å². The van der Waals surface area contributed by atoms with Crippen molar-refractivity contribution < 1.29 is 14.7 Å². The van der Waals surface area contributed by atoms with Gasteiger partial charge in [0, 0.05) is 12.1 Å². The molecule has 0 aliphatic rings. The highest BCUT2D eigenvalue weighted by Gasteiger charge is 2.13. The standard InChI is InChI=1S/C13H12N2O3/c1-18-13-8-4-11(5-9-13)15(17)14-10-2-6-12(16)7-3-10/h2-9H,1H3,(H-,14,16,17)/p+1. The van der Waals surface area contributed by atoms with Crippen LogP contribution in [0.1, 0.15) is 0 Å². The Balaban J connectivity index is 2.09. The van der Waals surface area contributed by atoms with Crippen LogP contribution in [0.3, 0.4) is 0 Å². The number of ether oxygens (including phenoxy) is 1. The first-order chi connectivity index (χ1) is 8.69. The lowest BCUT2D eigenvalue weighted by atomic mass is 10.3. The van der Waals surface area contributed by atoms with Gasteiger partial charge in [0.2, 0.25) is 0 Å². The molecule has 0 amide bonds. The molecule has 0 aliphatic heterocycles. The van der Waals surface area contributed by atoms with Crippen molar-refractivity contribution in [2.24, 2.45) is 0 Å². The van der Waals surface area contributed by atoms with Gasteiger partial charge in [-0.05, 0) is 36.4 Å². The Hall–Kier alpha value is -2.56. The van der Waals surface area contributed by atoms with Crippen LogP contribution in [0.2, 0.25) is 0 Å². The molecule has 92 valence electrons. The second kappa shape index (κ2) is 5.18. The van der Waals surface area contributed by atoms with E-state index in [1.165, 1.54) is 12.1 Å². The van der Waals surface area contributed by atoms with Crippen LogP contribution in [-0.4, -0.2) is 17.1 Å². The van der Waals surface area contributed by atoms with Crippen LogP contribution in [0, 0.1) is 4.91 Å². The van der Waals surface area contributed by atoms with Gasteiger partial charge in [0.1, 0.15) is 17.2 Å². The molecule has 0 unspecified atom stereocenters. The van der Waals surface area contributed by atoms with Crippen LogP contribution in [0.4, 0.5) is 11.4 Å². The summed E-state index contributed by atoms with van der Waals surface area (Å²) in [4.78, 5) is 12.4. The van der Waals surface area contributed by atoms with Crippen molar-refractivity contribution in [2.75, 3.05) is 12.5 Å². The molecule has 0 heterocycles. The molecule has 0 saturated heterocycles. The lowest BCUT2D eigenvalue weighted by molar-refractivity contribution is -0.427. The Kier molecular flexibility index (Phi) is 3.43. The normalized spacial score (nSPS) is 9.83. The van der Waals surface area contributed by atoms with Gasteiger partial charge in [-0.3, -0.25) is 0 Å². The molecule has 5 nitrogen and oxygen atoms in total. The van der Waals surface area contributed by atoms with Gasteiger partial charge in [-0.25, -0.2) is 0 Å². The van der Waals surface area contributed by atoms with Gasteiger partial charge in [0.25, 0.3) is 5.69 Å². The molecule has 0 spiro atoms. The van der Waals surface area contributed by atoms with Crippen molar-refractivity contribution in [1.29, 1.82) is 0 Å². The molecule has 2 aromatic carbocycles. The quantitative estimate of drug-likeness (QED) is 0.494. The zero-order valence-electron chi connectivity index (χ0n) is 9.83. The van der Waals surface area contributed by atoms with E-state index in [1.807, 2.05) is 0 Å². The lowest BCUT2D eigenvalue weighted by Crippen LogP contribution is -2.09. The summed E-state index contributed by atoms with van der Waals surface area (Å²) in [6, 6.07) is 13.0. The molecule has 0 aromatic heterocycles. The van der Waals surface area contributed by atoms with Crippen molar-refractivity contribution in [2.45, 2.75) is 0 Å². The van der Waals surface area contributed by atoms with Crippen molar-refractivity contribution in [3.8, 4) is 11.5 Å². The average Bonchev–Trinajstić information content (AvgIpc) is 2.41. The Morgan fingerprint density at radius 3 is 2.22 bits per heavy atom. The number of hydrogen-bond donors (Lipinski definition) is 2. The first-order valence-corrected chi connectivity index (χ1v) is 5.36. The van der Waals surface area contributed by atoms with Crippen LogP contribution >= 0.6 is 0 Å². The van der Waals surface area contributed by atoms with Crippen LogP contribution < -0.4 is 10.2 Å². The molecule has 5 heteroatoms. The highest BCUT2D eigenvalue weighted by atomic mass is 16.5. The molecule has 0 fully saturated rings. The molecule has 0 aliphatic carbocycles. The first kappa shape index (κ1) is 11.9. The lowest BCUT2D eigenvalue weighted by Gasteiger charge is -1.99. The van der Waals surface area contributed by atoms with Gasteiger partial charge < -0.3 is 9.84 Å². The Labute approximate surface area is 104 Å². The molecule has 2 aromatic rings. The van der Waals surface area contributed by atoms with Crippen LogP contribution in [0.15, 0.2) is 48.5 Å². The summed E-state index contributed by atoms with van der Waals surface area (Å²) in [5.41, 5.74) is 3.71. The van der Waals surface area contributed by atoms with E-state index in [0.717, 1.165) is 0 Å². The van der Waals surface area contributed by atoms with E-state index >= 15 is 0 Å². The zero-order valence-corrected chi connectivity index (χ0v) is 9.83. The van der Waals surface area contributed by atoms with Crippen LogP contribution in [0.25, 0.3) is 0 Å². The molecule has 0 saturated carbocycles.